The topological polar surface area (TPSA) is 89.0 Å². The van der Waals surface area contributed by atoms with Crippen molar-refractivity contribution in [3.05, 3.63) is 29.7 Å². The summed E-state index contributed by atoms with van der Waals surface area (Å²) >= 11 is 0. The van der Waals surface area contributed by atoms with Gasteiger partial charge >= 0.3 is 0 Å². The summed E-state index contributed by atoms with van der Waals surface area (Å²) in [5.74, 6) is 1.60. The van der Waals surface area contributed by atoms with Gasteiger partial charge in [0.05, 0.1) is 11.3 Å². The zero-order chi connectivity index (χ0) is 17.2. The van der Waals surface area contributed by atoms with E-state index in [1.165, 1.54) is 12.8 Å². The Balaban J connectivity index is 1.91. The van der Waals surface area contributed by atoms with E-state index >= 15 is 0 Å². The van der Waals surface area contributed by atoms with Crippen molar-refractivity contribution in [2.24, 2.45) is 11.7 Å². The van der Waals surface area contributed by atoms with E-state index in [4.69, 9.17) is 10.3 Å². The molecular weight excluding hydrogens is 302 g/mol. The van der Waals surface area contributed by atoms with Gasteiger partial charge in [-0.2, -0.15) is 4.98 Å². The quantitative estimate of drug-likeness (QED) is 0.743. The van der Waals surface area contributed by atoms with Crippen LogP contribution in [0, 0.1) is 12.8 Å². The number of allylic oxidation sites excluding steroid dienone is 2. The SMILES string of the molecule is CCC(CC)NC1=CC(c2nc(C)no2)=CNC1(N)C1CCCC1. The third kappa shape index (κ3) is 3.20. The van der Waals surface area contributed by atoms with Crippen LogP contribution in [0.1, 0.15) is 64.1 Å². The zero-order valence-electron chi connectivity index (χ0n) is 14.9. The third-order valence-corrected chi connectivity index (χ3v) is 5.33. The number of dihydropyridines is 1. The average molecular weight is 331 g/mol. The second kappa shape index (κ2) is 6.97. The molecule has 2 aliphatic rings. The zero-order valence-corrected chi connectivity index (χ0v) is 14.9. The van der Waals surface area contributed by atoms with Gasteiger partial charge in [-0.1, -0.05) is 31.8 Å². The van der Waals surface area contributed by atoms with Crippen molar-refractivity contribution in [3.63, 3.8) is 0 Å². The van der Waals surface area contributed by atoms with Gasteiger partial charge in [-0.3, -0.25) is 0 Å². The molecule has 2 heterocycles. The van der Waals surface area contributed by atoms with E-state index in [0.717, 1.165) is 37.0 Å². The second-order valence-corrected chi connectivity index (χ2v) is 6.96. The summed E-state index contributed by atoms with van der Waals surface area (Å²) in [4.78, 5) is 4.33. The van der Waals surface area contributed by atoms with E-state index in [0.29, 0.717) is 23.7 Å². The van der Waals surface area contributed by atoms with Crippen LogP contribution >= 0.6 is 0 Å². The second-order valence-electron chi connectivity index (χ2n) is 6.96. The van der Waals surface area contributed by atoms with Crippen LogP contribution in [0.4, 0.5) is 0 Å². The molecule has 132 valence electrons. The van der Waals surface area contributed by atoms with Crippen LogP contribution in [0.3, 0.4) is 0 Å². The number of nitrogens with zero attached hydrogens (tertiary/aromatic N) is 2. The number of hydrogen-bond donors (Lipinski definition) is 3. The molecule has 3 rings (SSSR count). The molecule has 24 heavy (non-hydrogen) atoms. The van der Waals surface area contributed by atoms with Crippen LogP contribution in [0.25, 0.3) is 5.57 Å². The van der Waals surface area contributed by atoms with Crippen molar-refractivity contribution < 1.29 is 4.52 Å². The molecule has 0 amide bonds. The molecule has 0 aromatic carbocycles. The standard InChI is InChI=1S/C18H29N5O/c1-4-15(5-2)22-16-10-13(17-21-12(3)23-24-17)11-20-18(16,19)14-8-6-7-9-14/h10-11,14-15,20,22H,4-9,19H2,1-3H3. The summed E-state index contributed by atoms with van der Waals surface area (Å²) in [5.41, 5.74) is 8.23. The van der Waals surface area contributed by atoms with Crippen molar-refractivity contribution >= 4 is 5.57 Å². The van der Waals surface area contributed by atoms with Crippen LogP contribution < -0.4 is 16.4 Å². The minimum Gasteiger partial charge on any atom is -0.383 e. The van der Waals surface area contributed by atoms with Crippen molar-refractivity contribution in [2.75, 3.05) is 0 Å². The molecule has 6 nitrogen and oxygen atoms in total. The molecule has 1 aromatic rings. The summed E-state index contributed by atoms with van der Waals surface area (Å²) in [6.07, 6.45) is 11.0. The lowest BCUT2D eigenvalue weighted by molar-refractivity contribution is 0.264. The molecule has 1 aliphatic carbocycles. The van der Waals surface area contributed by atoms with E-state index in [-0.39, 0.29) is 0 Å². The molecule has 1 aliphatic heterocycles. The minimum atomic E-state index is -0.544. The first-order valence-corrected chi connectivity index (χ1v) is 9.13. The van der Waals surface area contributed by atoms with Gasteiger partial charge in [-0.25, -0.2) is 0 Å². The Morgan fingerprint density at radius 3 is 2.67 bits per heavy atom. The third-order valence-electron chi connectivity index (χ3n) is 5.33. The number of rotatable bonds is 6. The molecule has 0 radical (unpaired) electrons. The Morgan fingerprint density at radius 2 is 2.08 bits per heavy atom. The average Bonchev–Trinajstić information content (AvgIpc) is 3.26. The Labute approximate surface area is 144 Å². The van der Waals surface area contributed by atoms with Crippen molar-refractivity contribution in [3.8, 4) is 0 Å². The highest BCUT2D eigenvalue weighted by Gasteiger charge is 2.42. The van der Waals surface area contributed by atoms with E-state index in [9.17, 15) is 0 Å². The Kier molecular flexibility index (Phi) is 4.94. The maximum Gasteiger partial charge on any atom is 0.259 e. The molecule has 0 bridgehead atoms. The Morgan fingerprint density at radius 1 is 1.38 bits per heavy atom. The monoisotopic (exact) mass is 331 g/mol. The fourth-order valence-corrected chi connectivity index (χ4v) is 3.72. The van der Waals surface area contributed by atoms with Gasteiger partial charge in [0.2, 0.25) is 0 Å². The lowest BCUT2D eigenvalue weighted by atomic mass is 9.85. The van der Waals surface area contributed by atoms with E-state index in [2.05, 4.69) is 40.7 Å². The Hall–Kier alpha value is -1.82. The molecule has 1 fully saturated rings. The molecule has 6 heteroatoms. The number of aryl methyl sites for hydroxylation is 1. The summed E-state index contributed by atoms with van der Waals surface area (Å²) in [6, 6.07) is 0.408. The molecule has 1 atom stereocenters. The van der Waals surface area contributed by atoms with Crippen LogP contribution in [0.15, 0.2) is 22.5 Å². The smallest absolute Gasteiger partial charge is 0.259 e. The van der Waals surface area contributed by atoms with Gasteiger partial charge in [0, 0.05) is 18.2 Å². The largest absolute Gasteiger partial charge is 0.383 e. The van der Waals surface area contributed by atoms with Crippen LogP contribution in [0.2, 0.25) is 0 Å². The molecule has 1 aromatic heterocycles. The molecule has 1 unspecified atom stereocenters. The van der Waals surface area contributed by atoms with Crippen molar-refractivity contribution in [1.29, 1.82) is 0 Å². The van der Waals surface area contributed by atoms with Gasteiger partial charge in [-0.05, 0) is 38.7 Å². The summed E-state index contributed by atoms with van der Waals surface area (Å²) in [6.45, 7) is 6.22. The number of aromatic nitrogens is 2. The van der Waals surface area contributed by atoms with E-state index in [1.54, 1.807) is 0 Å². The first-order valence-electron chi connectivity index (χ1n) is 9.13. The predicted molar refractivity (Wildman–Crippen MR) is 94.6 cm³/mol. The number of nitrogens with one attached hydrogen (secondary N) is 2. The number of hydrogen-bond acceptors (Lipinski definition) is 6. The fourth-order valence-electron chi connectivity index (χ4n) is 3.72. The van der Waals surface area contributed by atoms with Crippen molar-refractivity contribution in [2.45, 2.75) is 71.0 Å². The van der Waals surface area contributed by atoms with Gasteiger partial charge in [0.25, 0.3) is 5.89 Å². The molecule has 0 saturated heterocycles. The highest BCUT2D eigenvalue weighted by molar-refractivity contribution is 5.71. The molecular formula is C18H29N5O. The van der Waals surface area contributed by atoms with Gasteiger partial charge in [0.15, 0.2) is 5.82 Å². The van der Waals surface area contributed by atoms with Crippen LogP contribution in [-0.2, 0) is 0 Å². The van der Waals surface area contributed by atoms with Crippen molar-refractivity contribution in [1.82, 2.24) is 20.8 Å². The fraction of sp³-hybridized carbons (Fsp3) is 0.667. The summed E-state index contributed by atoms with van der Waals surface area (Å²) in [5, 5.41) is 11.0. The predicted octanol–water partition coefficient (Wildman–Crippen LogP) is 2.83. The first kappa shape index (κ1) is 17.0. The van der Waals surface area contributed by atoms with Crippen LogP contribution in [-0.4, -0.2) is 21.8 Å². The minimum absolute atomic E-state index is 0.408. The maximum atomic E-state index is 6.86. The van der Waals surface area contributed by atoms with E-state index < -0.39 is 5.66 Å². The number of nitrogens with two attached hydrogens (primary N) is 1. The van der Waals surface area contributed by atoms with Gasteiger partial charge in [-0.15, -0.1) is 0 Å². The summed E-state index contributed by atoms with van der Waals surface area (Å²) in [7, 11) is 0. The molecule has 0 spiro atoms. The maximum absolute atomic E-state index is 6.86. The summed E-state index contributed by atoms with van der Waals surface area (Å²) < 4.78 is 5.32. The van der Waals surface area contributed by atoms with Crippen LogP contribution in [0.5, 0.6) is 0 Å². The van der Waals surface area contributed by atoms with Gasteiger partial charge < -0.3 is 20.9 Å². The lowest BCUT2D eigenvalue weighted by Gasteiger charge is -2.42. The first-order chi connectivity index (χ1) is 11.6. The highest BCUT2D eigenvalue weighted by Crippen LogP contribution is 2.37. The normalized spacial score (nSPS) is 24.7. The molecule has 4 N–H and O–H groups in total. The Bertz CT molecular complexity index is 625. The van der Waals surface area contributed by atoms with Gasteiger partial charge in [0.1, 0.15) is 5.66 Å². The lowest BCUT2D eigenvalue weighted by Crippen LogP contribution is -2.62. The highest BCUT2D eigenvalue weighted by atomic mass is 16.5. The molecule has 1 saturated carbocycles. The van der Waals surface area contributed by atoms with E-state index in [1.807, 2.05) is 13.1 Å².